The van der Waals surface area contributed by atoms with Gasteiger partial charge in [0.1, 0.15) is 5.82 Å². The molecular formula is C28H27FN4S. The molecule has 1 saturated heterocycles. The highest BCUT2D eigenvalue weighted by atomic mass is 32.1. The maximum Gasteiger partial charge on any atom is 0.174 e. The zero-order valence-electron chi connectivity index (χ0n) is 19.7. The van der Waals surface area contributed by atoms with Crippen molar-refractivity contribution in [3.8, 4) is 5.69 Å². The van der Waals surface area contributed by atoms with E-state index in [0.29, 0.717) is 10.7 Å². The number of para-hydroxylation sites is 1. The number of benzene rings is 2. The van der Waals surface area contributed by atoms with E-state index in [-0.39, 0.29) is 17.9 Å². The molecule has 4 nitrogen and oxygen atoms in total. The quantitative estimate of drug-likeness (QED) is 0.349. The number of pyridine rings is 1. The van der Waals surface area contributed by atoms with Crippen molar-refractivity contribution in [1.29, 1.82) is 0 Å². The summed E-state index contributed by atoms with van der Waals surface area (Å²) in [6.07, 6.45) is 1.81. The molecule has 2 aromatic carbocycles. The summed E-state index contributed by atoms with van der Waals surface area (Å²) in [5, 5.41) is 4.12. The Hall–Kier alpha value is -3.51. The van der Waals surface area contributed by atoms with E-state index in [1.807, 2.05) is 36.5 Å². The van der Waals surface area contributed by atoms with Crippen LogP contribution in [0.1, 0.15) is 45.9 Å². The van der Waals surface area contributed by atoms with Crippen LogP contribution in [0.15, 0.2) is 72.9 Å². The first-order valence-electron chi connectivity index (χ1n) is 11.4. The normalized spacial score (nSPS) is 17.8. The van der Waals surface area contributed by atoms with Gasteiger partial charge in [-0.15, -0.1) is 0 Å². The van der Waals surface area contributed by atoms with Crippen LogP contribution in [-0.2, 0) is 0 Å². The van der Waals surface area contributed by atoms with Crippen LogP contribution in [0.4, 0.5) is 10.1 Å². The van der Waals surface area contributed by atoms with Crippen LogP contribution in [0.2, 0.25) is 0 Å². The number of aryl methyl sites for hydroxylation is 1. The van der Waals surface area contributed by atoms with E-state index in [1.54, 1.807) is 13.0 Å². The summed E-state index contributed by atoms with van der Waals surface area (Å²) in [5.74, 6) is -0.224. The average molecular weight is 471 g/mol. The third kappa shape index (κ3) is 3.59. The molecule has 1 aliphatic rings. The summed E-state index contributed by atoms with van der Waals surface area (Å²) < 4.78 is 16.4. The number of halogens is 1. The molecule has 0 radical (unpaired) electrons. The van der Waals surface area contributed by atoms with Crippen molar-refractivity contribution in [2.45, 2.75) is 39.8 Å². The molecule has 0 aliphatic carbocycles. The molecule has 6 heteroatoms. The Morgan fingerprint density at radius 3 is 2.29 bits per heavy atom. The van der Waals surface area contributed by atoms with E-state index in [0.717, 1.165) is 22.8 Å². The van der Waals surface area contributed by atoms with Crippen LogP contribution in [0.25, 0.3) is 5.69 Å². The molecule has 0 amide bonds. The highest BCUT2D eigenvalue weighted by Crippen LogP contribution is 2.45. The van der Waals surface area contributed by atoms with Crippen LogP contribution >= 0.6 is 12.2 Å². The van der Waals surface area contributed by atoms with E-state index < -0.39 is 0 Å². The summed E-state index contributed by atoms with van der Waals surface area (Å²) >= 11 is 5.86. The second-order valence-corrected chi connectivity index (χ2v) is 9.20. The fourth-order valence-corrected chi connectivity index (χ4v) is 5.46. The zero-order chi connectivity index (χ0) is 24.0. The van der Waals surface area contributed by atoms with Gasteiger partial charge in [0.05, 0.1) is 17.8 Å². The largest absolute Gasteiger partial charge is 0.351 e. The summed E-state index contributed by atoms with van der Waals surface area (Å²) in [6.45, 7) is 8.26. The van der Waals surface area contributed by atoms with Gasteiger partial charge in [0.15, 0.2) is 5.11 Å². The second kappa shape index (κ2) is 8.69. The zero-order valence-corrected chi connectivity index (χ0v) is 20.5. The van der Waals surface area contributed by atoms with Crippen LogP contribution in [0, 0.1) is 33.5 Å². The van der Waals surface area contributed by atoms with Gasteiger partial charge in [-0.2, -0.15) is 0 Å². The van der Waals surface area contributed by atoms with Crippen LogP contribution in [-0.4, -0.2) is 14.7 Å². The van der Waals surface area contributed by atoms with Crippen LogP contribution < -0.4 is 10.2 Å². The average Bonchev–Trinajstić information content (AvgIpc) is 3.29. The van der Waals surface area contributed by atoms with Crippen molar-refractivity contribution in [1.82, 2.24) is 14.9 Å². The molecule has 2 atom stereocenters. The minimum atomic E-state index is -0.224. The number of rotatable bonds is 4. The van der Waals surface area contributed by atoms with Crippen molar-refractivity contribution < 1.29 is 4.39 Å². The van der Waals surface area contributed by atoms with Crippen LogP contribution in [0.5, 0.6) is 0 Å². The third-order valence-electron chi connectivity index (χ3n) is 6.84. The molecule has 0 bridgehead atoms. The van der Waals surface area contributed by atoms with Crippen LogP contribution in [0.3, 0.4) is 0 Å². The molecule has 1 aliphatic heterocycles. The molecule has 1 fully saturated rings. The summed E-state index contributed by atoms with van der Waals surface area (Å²) in [5.41, 5.74) is 8.25. The van der Waals surface area contributed by atoms with E-state index in [4.69, 9.17) is 12.2 Å². The maximum atomic E-state index is 14.1. The number of thiocarbonyl (C=S) groups is 1. The van der Waals surface area contributed by atoms with Crippen molar-refractivity contribution in [2.24, 2.45) is 0 Å². The number of hydrogen-bond donors (Lipinski definition) is 1. The Morgan fingerprint density at radius 1 is 0.882 bits per heavy atom. The molecular weight excluding hydrogens is 443 g/mol. The third-order valence-corrected chi connectivity index (χ3v) is 7.15. The van der Waals surface area contributed by atoms with Crippen molar-refractivity contribution >= 4 is 23.0 Å². The lowest BCUT2D eigenvalue weighted by Gasteiger charge is -2.29. The monoisotopic (exact) mass is 470 g/mol. The van der Waals surface area contributed by atoms with Gasteiger partial charge in [0.2, 0.25) is 0 Å². The number of anilines is 1. The number of hydrogen-bond acceptors (Lipinski definition) is 2. The summed E-state index contributed by atoms with van der Waals surface area (Å²) in [4.78, 5) is 6.78. The fraction of sp³-hybridized carbons (Fsp3) is 0.214. The predicted octanol–water partition coefficient (Wildman–Crippen LogP) is 6.42. The Bertz CT molecular complexity index is 1360. The van der Waals surface area contributed by atoms with Crippen molar-refractivity contribution in [2.75, 3.05) is 4.90 Å². The van der Waals surface area contributed by atoms with Gasteiger partial charge in [-0.1, -0.05) is 24.3 Å². The first-order valence-corrected chi connectivity index (χ1v) is 11.8. The maximum absolute atomic E-state index is 14.1. The molecule has 0 saturated carbocycles. The SMILES string of the molecule is Cc1cc(N2C(=S)N[C@@H](c3ccccn3)[C@H]2c2c(C)c(C)n(-c3ccccc3)c2C)ccc1F. The molecule has 34 heavy (non-hydrogen) atoms. The Balaban J connectivity index is 1.74. The highest BCUT2D eigenvalue weighted by molar-refractivity contribution is 7.80. The molecule has 0 unspecified atom stereocenters. The minimum absolute atomic E-state index is 0.143. The Morgan fingerprint density at radius 2 is 1.62 bits per heavy atom. The Labute approximate surface area is 205 Å². The lowest BCUT2D eigenvalue weighted by molar-refractivity contribution is 0.563. The smallest absolute Gasteiger partial charge is 0.174 e. The molecule has 172 valence electrons. The lowest BCUT2D eigenvalue weighted by atomic mass is 9.93. The minimum Gasteiger partial charge on any atom is -0.351 e. The molecule has 4 aromatic rings. The first kappa shape index (κ1) is 22.3. The van der Waals surface area contributed by atoms with E-state index in [2.05, 4.69) is 64.8 Å². The fourth-order valence-electron chi connectivity index (χ4n) is 5.11. The molecule has 2 aromatic heterocycles. The Kier molecular flexibility index (Phi) is 5.70. The van der Waals surface area contributed by atoms with Crippen molar-refractivity contribution in [3.05, 3.63) is 113 Å². The summed E-state index contributed by atoms with van der Waals surface area (Å²) in [7, 11) is 0. The van der Waals surface area contributed by atoms with Gasteiger partial charge >= 0.3 is 0 Å². The van der Waals surface area contributed by atoms with Gasteiger partial charge in [-0.25, -0.2) is 4.39 Å². The number of aromatic nitrogens is 2. The molecule has 3 heterocycles. The molecule has 0 spiro atoms. The van der Waals surface area contributed by atoms with E-state index in [9.17, 15) is 4.39 Å². The standard InChI is InChI=1S/C28H27FN4S/c1-17-16-22(13-14-23(17)29)33-27(26(31-28(33)34)24-12-8-9-15-30-24)25-18(2)19(3)32(20(25)4)21-10-6-5-7-11-21/h5-16,26-27H,1-4H3,(H,31,34)/t26-,27+/m0/s1. The number of nitrogens with one attached hydrogen (secondary N) is 1. The predicted molar refractivity (Wildman–Crippen MR) is 139 cm³/mol. The summed E-state index contributed by atoms with van der Waals surface area (Å²) in [6, 6.07) is 21.2. The van der Waals surface area contributed by atoms with Crippen molar-refractivity contribution in [3.63, 3.8) is 0 Å². The molecule has 1 N–H and O–H groups in total. The second-order valence-electron chi connectivity index (χ2n) is 8.81. The van der Waals surface area contributed by atoms with Gasteiger partial charge < -0.3 is 14.8 Å². The van der Waals surface area contributed by atoms with E-state index >= 15 is 0 Å². The number of nitrogens with zero attached hydrogens (tertiary/aromatic N) is 3. The molecule has 5 rings (SSSR count). The van der Waals surface area contributed by atoms with Gasteiger partial charge in [-0.05, 0) is 93.5 Å². The first-order chi connectivity index (χ1) is 16.4. The lowest BCUT2D eigenvalue weighted by Crippen LogP contribution is -2.30. The highest BCUT2D eigenvalue weighted by Gasteiger charge is 2.43. The van der Waals surface area contributed by atoms with E-state index in [1.165, 1.54) is 22.9 Å². The van der Waals surface area contributed by atoms with Gasteiger partial charge in [-0.3, -0.25) is 4.98 Å². The van der Waals surface area contributed by atoms with Gasteiger partial charge in [0.25, 0.3) is 0 Å². The topological polar surface area (TPSA) is 33.1 Å². The van der Waals surface area contributed by atoms with Gasteiger partial charge in [0, 0.05) is 34.5 Å².